The Morgan fingerprint density at radius 3 is 2.14 bits per heavy atom. The largest absolute Gasteiger partial charge is 0.508 e. The van der Waals surface area contributed by atoms with Crippen LogP contribution in [0.3, 0.4) is 0 Å². The lowest BCUT2D eigenvalue weighted by Crippen LogP contribution is -2.45. The van der Waals surface area contributed by atoms with Crippen LogP contribution in [0.2, 0.25) is 0 Å². The Morgan fingerprint density at radius 2 is 1.59 bits per heavy atom. The van der Waals surface area contributed by atoms with Crippen LogP contribution < -0.4 is 0 Å². The molecule has 5 nitrogen and oxygen atoms in total. The summed E-state index contributed by atoms with van der Waals surface area (Å²) in [6, 6.07) is 7.52. The molecule has 0 atom stereocenters. The van der Waals surface area contributed by atoms with Crippen LogP contribution in [-0.2, 0) is 20.1 Å². The van der Waals surface area contributed by atoms with Crippen molar-refractivity contribution in [2.24, 2.45) is 7.05 Å². The summed E-state index contributed by atoms with van der Waals surface area (Å²) >= 11 is 0. The van der Waals surface area contributed by atoms with Crippen LogP contribution in [-0.4, -0.2) is 50.9 Å². The van der Waals surface area contributed by atoms with Gasteiger partial charge in [-0.25, -0.2) is 0 Å². The summed E-state index contributed by atoms with van der Waals surface area (Å²) in [7, 11) is 2.02. The number of rotatable bonds is 4. The molecule has 118 valence electrons. The van der Waals surface area contributed by atoms with Gasteiger partial charge in [0.2, 0.25) is 0 Å². The number of benzene rings is 1. The van der Waals surface area contributed by atoms with Crippen LogP contribution in [0.25, 0.3) is 0 Å². The van der Waals surface area contributed by atoms with E-state index in [0.29, 0.717) is 5.75 Å². The Morgan fingerprint density at radius 1 is 1.00 bits per heavy atom. The lowest BCUT2D eigenvalue weighted by atomic mass is 10.2. The van der Waals surface area contributed by atoms with Crippen molar-refractivity contribution >= 4 is 0 Å². The summed E-state index contributed by atoms with van der Waals surface area (Å²) in [6.45, 7) is 8.40. The molecular weight excluding hydrogens is 276 g/mol. The topological polar surface area (TPSA) is 44.5 Å². The van der Waals surface area contributed by atoms with Crippen LogP contribution in [0, 0.1) is 6.92 Å². The monoisotopic (exact) mass is 300 g/mol. The maximum Gasteiger partial charge on any atom is 0.115 e. The minimum absolute atomic E-state index is 0.333. The van der Waals surface area contributed by atoms with E-state index >= 15 is 0 Å². The summed E-state index contributed by atoms with van der Waals surface area (Å²) in [6.07, 6.45) is 1.94. The zero-order valence-corrected chi connectivity index (χ0v) is 13.4. The SMILES string of the molecule is Cc1cnn(C)c1CN1CCN(Cc2ccc(O)cc2)CC1. The highest BCUT2D eigenvalue weighted by Gasteiger charge is 2.18. The third kappa shape index (κ3) is 3.48. The second-order valence-electron chi connectivity index (χ2n) is 6.12. The first-order chi connectivity index (χ1) is 10.6. The van der Waals surface area contributed by atoms with Crippen LogP contribution in [0.1, 0.15) is 16.8 Å². The normalized spacial score (nSPS) is 17.0. The minimum atomic E-state index is 0.333. The molecular formula is C17H24N4O. The number of piperazine rings is 1. The van der Waals surface area contributed by atoms with Crippen molar-refractivity contribution in [3.05, 3.63) is 47.3 Å². The fourth-order valence-electron chi connectivity index (χ4n) is 2.98. The van der Waals surface area contributed by atoms with Crippen LogP contribution in [0.5, 0.6) is 5.75 Å². The van der Waals surface area contributed by atoms with E-state index in [1.165, 1.54) is 16.8 Å². The van der Waals surface area contributed by atoms with Crippen molar-refractivity contribution in [3.63, 3.8) is 0 Å². The van der Waals surface area contributed by atoms with E-state index in [0.717, 1.165) is 39.3 Å². The van der Waals surface area contributed by atoms with E-state index in [2.05, 4.69) is 21.8 Å². The molecule has 0 radical (unpaired) electrons. The van der Waals surface area contributed by atoms with Crippen molar-refractivity contribution in [2.45, 2.75) is 20.0 Å². The number of hydrogen-bond donors (Lipinski definition) is 1. The maximum atomic E-state index is 9.34. The number of hydrogen-bond acceptors (Lipinski definition) is 4. The molecule has 1 aliphatic rings. The van der Waals surface area contributed by atoms with Gasteiger partial charge in [0.15, 0.2) is 0 Å². The number of nitrogens with zero attached hydrogens (tertiary/aromatic N) is 4. The summed E-state index contributed by atoms with van der Waals surface area (Å²) in [5.41, 5.74) is 3.84. The second-order valence-corrected chi connectivity index (χ2v) is 6.12. The van der Waals surface area contributed by atoms with Gasteiger partial charge in [0, 0.05) is 46.3 Å². The highest BCUT2D eigenvalue weighted by atomic mass is 16.3. The molecule has 1 N–H and O–H groups in total. The van der Waals surface area contributed by atoms with Gasteiger partial charge < -0.3 is 5.11 Å². The Labute approximate surface area is 131 Å². The van der Waals surface area contributed by atoms with Crippen molar-refractivity contribution in [1.29, 1.82) is 0 Å². The molecule has 1 saturated heterocycles. The lowest BCUT2D eigenvalue weighted by molar-refractivity contribution is 0.120. The Bertz CT molecular complexity index is 593. The molecule has 2 aromatic rings. The molecule has 0 bridgehead atoms. The van der Waals surface area contributed by atoms with Gasteiger partial charge in [0.25, 0.3) is 0 Å². The third-order valence-corrected chi connectivity index (χ3v) is 4.45. The Balaban J connectivity index is 1.51. The summed E-state index contributed by atoms with van der Waals surface area (Å²) < 4.78 is 1.98. The first-order valence-electron chi connectivity index (χ1n) is 7.82. The fourth-order valence-corrected chi connectivity index (χ4v) is 2.98. The van der Waals surface area contributed by atoms with E-state index < -0.39 is 0 Å². The number of phenolic OH excluding ortho intramolecular Hbond substituents is 1. The average Bonchev–Trinajstić information content (AvgIpc) is 2.83. The fraction of sp³-hybridized carbons (Fsp3) is 0.471. The molecule has 0 amide bonds. The van der Waals surface area contributed by atoms with Gasteiger partial charge in [-0.1, -0.05) is 12.1 Å². The summed E-state index contributed by atoms with van der Waals surface area (Å²) in [4.78, 5) is 4.97. The van der Waals surface area contributed by atoms with Gasteiger partial charge in [-0.2, -0.15) is 5.10 Å². The number of aromatic hydroxyl groups is 1. The smallest absolute Gasteiger partial charge is 0.115 e. The molecule has 22 heavy (non-hydrogen) atoms. The molecule has 0 unspecified atom stereocenters. The molecule has 0 spiro atoms. The molecule has 5 heteroatoms. The number of phenols is 1. The van der Waals surface area contributed by atoms with Gasteiger partial charge in [0.05, 0.1) is 11.9 Å². The van der Waals surface area contributed by atoms with E-state index in [9.17, 15) is 5.11 Å². The quantitative estimate of drug-likeness (QED) is 0.934. The van der Waals surface area contributed by atoms with E-state index in [1.807, 2.05) is 30.1 Å². The molecule has 0 saturated carbocycles. The number of aryl methyl sites for hydroxylation is 2. The molecule has 1 fully saturated rings. The zero-order chi connectivity index (χ0) is 15.5. The first kappa shape index (κ1) is 15.1. The minimum Gasteiger partial charge on any atom is -0.508 e. The molecule has 1 aliphatic heterocycles. The van der Waals surface area contributed by atoms with Crippen molar-refractivity contribution in [2.75, 3.05) is 26.2 Å². The van der Waals surface area contributed by atoms with Crippen molar-refractivity contribution in [3.8, 4) is 5.75 Å². The maximum absolute atomic E-state index is 9.34. The molecule has 0 aliphatic carbocycles. The highest BCUT2D eigenvalue weighted by molar-refractivity contribution is 5.25. The highest BCUT2D eigenvalue weighted by Crippen LogP contribution is 2.15. The van der Waals surface area contributed by atoms with Crippen molar-refractivity contribution < 1.29 is 5.11 Å². The van der Waals surface area contributed by atoms with Crippen LogP contribution in [0.4, 0.5) is 0 Å². The van der Waals surface area contributed by atoms with Gasteiger partial charge in [-0.05, 0) is 30.2 Å². The predicted molar refractivity (Wildman–Crippen MR) is 86.6 cm³/mol. The Hall–Kier alpha value is -1.85. The third-order valence-electron chi connectivity index (χ3n) is 4.45. The summed E-state index contributed by atoms with van der Waals surface area (Å²) in [5, 5.41) is 13.7. The average molecular weight is 300 g/mol. The standard InChI is InChI=1S/C17H24N4O/c1-14-11-18-19(2)17(14)13-21-9-7-20(8-10-21)12-15-3-5-16(22)6-4-15/h3-6,11,22H,7-10,12-13H2,1-2H3. The predicted octanol–water partition coefficient (Wildman–Crippen LogP) is 1.75. The van der Waals surface area contributed by atoms with E-state index in [1.54, 1.807) is 12.1 Å². The van der Waals surface area contributed by atoms with Gasteiger partial charge in [-0.3, -0.25) is 14.5 Å². The molecule has 3 rings (SSSR count). The molecule has 2 heterocycles. The van der Waals surface area contributed by atoms with Crippen LogP contribution >= 0.6 is 0 Å². The summed E-state index contributed by atoms with van der Waals surface area (Å²) in [5.74, 6) is 0.333. The Kier molecular flexibility index (Phi) is 4.45. The first-order valence-corrected chi connectivity index (χ1v) is 7.82. The van der Waals surface area contributed by atoms with Crippen LogP contribution in [0.15, 0.2) is 30.5 Å². The second kappa shape index (κ2) is 6.50. The van der Waals surface area contributed by atoms with Crippen molar-refractivity contribution in [1.82, 2.24) is 19.6 Å². The number of aromatic nitrogens is 2. The lowest BCUT2D eigenvalue weighted by Gasteiger charge is -2.34. The zero-order valence-electron chi connectivity index (χ0n) is 13.4. The van der Waals surface area contributed by atoms with Gasteiger partial charge >= 0.3 is 0 Å². The molecule has 1 aromatic carbocycles. The van der Waals surface area contributed by atoms with E-state index in [4.69, 9.17) is 0 Å². The van der Waals surface area contributed by atoms with E-state index in [-0.39, 0.29) is 0 Å². The van der Waals surface area contributed by atoms with Gasteiger partial charge in [0.1, 0.15) is 5.75 Å². The van der Waals surface area contributed by atoms with Gasteiger partial charge in [-0.15, -0.1) is 0 Å². The molecule has 1 aromatic heterocycles.